The van der Waals surface area contributed by atoms with E-state index in [0.29, 0.717) is 5.75 Å². The maximum atomic E-state index is 9.33. The van der Waals surface area contributed by atoms with Gasteiger partial charge in [0.1, 0.15) is 6.04 Å². The fourth-order valence-electron chi connectivity index (χ4n) is 1.80. The molecule has 1 atom stereocenters. The second-order valence-electron chi connectivity index (χ2n) is 4.46. The van der Waals surface area contributed by atoms with Crippen molar-refractivity contribution in [2.75, 3.05) is 11.6 Å². The molecule has 1 unspecified atom stereocenters. The van der Waals surface area contributed by atoms with Crippen molar-refractivity contribution in [1.82, 2.24) is 0 Å². The Morgan fingerprint density at radius 2 is 1.76 bits per heavy atom. The molecule has 0 saturated carbocycles. The highest BCUT2D eigenvalue weighted by Crippen LogP contribution is 2.22. The van der Waals surface area contributed by atoms with Crippen LogP contribution in [0.1, 0.15) is 17.2 Å². The molecule has 2 aromatic carbocycles. The van der Waals surface area contributed by atoms with Crippen LogP contribution in [0.15, 0.2) is 48.5 Å². The van der Waals surface area contributed by atoms with Gasteiger partial charge in [0, 0.05) is 24.0 Å². The minimum Gasteiger partial charge on any atom is -0.366 e. The summed E-state index contributed by atoms with van der Waals surface area (Å²) in [5.41, 5.74) is 2.97. The van der Waals surface area contributed by atoms with Crippen molar-refractivity contribution in [2.24, 2.45) is 0 Å². The molecule has 1 N–H and O–H groups in total. The molecule has 0 fully saturated rings. The Balaban J connectivity index is 2.07. The predicted molar refractivity (Wildman–Crippen MR) is 84.8 cm³/mol. The van der Waals surface area contributed by atoms with E-state index < -0.39 is 6.04 Å². The first kappa shape index (κ1) is 15.2. The van der Waals surface area contributed by atoms with E-state index in [0.717, 1.165) is 23.3 Å². The van der Waals surface area contributed by atoms with Gasteiger partial charge in [-0.25, -0.2) is 0 Å². The molecule has 0 aliphatic heterocycles. The van der Waals surface area contributed by atoms with Gasteiger partial charge in [-0.1, -0.05) is 29.8 Å². The van der Waals surface area contributed by atoms with E-state index in [1.807, 2.05) is 43.3 Å². The zero-order chi connectivity index (χ0) is 15.1. The van der Waals surface area contributed by atoms with Gasteiger partial charge in [0.2, 0.25) is 0 Å². The topological polar surface area (TPSA) is 54.3 Å². The van der Waals surface area contributed by atoms with Gasteiger partial charge in [-0.2, -0.15) is 5.26 Å². The van der Waals surface area contributed by atoms with Gasteiger partial charge < -0.3 is 10.2 Å². The summed E-state index contributed by atoms with van der Waals surface area (Å²) in [6, 6.07) is 17.0. The lowest BCUT2D eigenvalue weighted by Gasteiger charge is -2.14. The third-order valence-electron chi connectivity index (χ3n) is 2.90. The minimum atomic E-state index is -0.414. The summed E-state index contributed by atoms with van der Waals surface area (Å²) in [6.45, 7) is 2.03. The van der Waals surface area contributed by atoms with Crippen molar-refractivity contribution in [3.8, 4) is 11.8 Å². The largest absolute Gasteiger partial charge is 0.366 e. The Hall–Kier alpha value is -2.16. The van der Waals surface area contributed by atoms with E-state index in [9.17, 15) is 5.26 Å². The lowest BCUT2D eigenvalue weighted by molar-refractivity contribution is -0.0770. The summed E-state index contributed by atoms with van der Waals surface area (Å²) in [6.07, 6.45) is 1.77. The lowest BCUT2D eigenvalue weighted by Crippen LogP contribution is -2.08. The first-order valence-corrected chi connectivity index (χ1v) is 7.58. The van der Waals surface area contributed by atoms with Gasteiger partial charge in [-0.05, 0) is 36.8 Å². The van der Waals surface area contributed by atoms with Crippen molar-refractivity contribution in [3.63, 3.8) is 0 Å². The van der Waals surface area contributed by atoms with Crippen LogP contribution in [-0.2, 0) is 4.33 Å². The van der Waals surface area contributed by atoms with Crippen molar-refractivity contribution in [1.29, 1.82) is 5.26 Å². The Morgan fingerprint density at radius 3 is 2.33 bits per heavy atom. The highest BCUT2D eigenvalue weighted by atomic mass is 32.2. The summed E-state index contributed by atoms with van der Waals surface area (Å²) in [5.74, 6) is 0.597. The lowest BCUT2D eigenvalue weighted by atomic mass is 10.1. The number of nitrogens with one attached hydrogen (secondary N) is 1. The quantitative estimate of drug-likeness (QED) is 0.491. The van der Waals surface area contributed by atoms with Gasteiger partial charge in [-0.15, -0.1) is 4.33 Å². The molecule has 2 rings (SSSR count). The summed E-state index contributed by atoms with van der Waals surface area (Å²) < 4.78 is 4.79. The van der Waals surface area contributed by atoms with E-state index in [2.05, 4.69) is 11.4 Å². The van der Waals surface area contributed by atoms with Crippen molar-refractivity contribution in [3.05, 3.63) is 59.7 Å². The van der Waals surface area contributed by atoms with Crippen LogP contribution in [0.25, 0.3) is 0 Å². The van der Waals surface area contributed by atoms with Crippen molar-refractivity contribution in [2.45, 2.75) is 13.0 Å². The molecule has 0 aliphatic rings. The molecule has 4 nitrogen and oxygen atoms in total. The van der Waals surface area contributed by atoms with Crippen LogP contribution in [0.4, 0.5) is 5.69 Å². The predicted octanol–water partition coefficient (Wildman–Crippen LogP) is 4.26. The Morgan fingerprint density at radius 1 is 1.10 bits per heavy atom. The number of benzene rings is 2. The van der Waals surface area contributed by atoms with E-state index >= 15 is 0 Å². The summed E-state index contributed by atoms with van der Waals surface area (Å²) in [4.78, 5) is 5.01. The van der Waals surface area contributed by atoms with Crippen molar-refractivity contribution < 1.29 is 9.22 Å². The van der Waals surface area contributed by atoms with Crippen LogP contribution in [-0.4, -0.2) is 6.26 Å². The minimum absolute atomic E-state index is 0.414. The zero-order valence-corrected chi connectivity index (χ0v) is 12.7. The summed E-state index contributed by atoms with van der Waals surface area (Å²) in [7, 11) is 0. The first-order valence-electron chi connectivity index (χ1n) is 6.43. The Bertz CT molecular complexity index is 606. The van der Waals surface area contributed by atoms with Crippen LogP contribution < -0.4 is 10.2 Å². The normalized spacial score (nSPS) is 11.5. The molecule has 2 aromatic rings. The molecule has 0 bridgehead atoms. The van der Waals surface area contributed by atoms with Crippen LogP contribution in [0.2, 0.25) is 0 Å². The second kappa shape index (κ2) is 7.58. The molecule has 0 aliphatic carbocycles. The number of nitriles is 1. The number of hydrogen-bond donors (Lipinski definition) is 1. The summed E-state index contributed by atoms with van der Waals surface area (Å²) >= 11 is 1.13. The molecule has 0 heterocycles. The van der Waals surface area contributed by atoms with Crippen LogP contribution in [0.3, 0.4) is 0 Å². The number of rotatable bonds is 6. The van der Waals surface area contributed by atoms with E-state index in [1.54, 1.807) is 18.4 Å². The molecule has 0 amide bonds. The van der Waals surface area contributed by atoms with E-state index in [4.69, 9.17) is 9.22 Å². The Labute approximate surface area is 128 Å². The SMILES string of the molecule is CSOOc1ccc(C(C#N)Nc2ccc(C)cc2)cc1. The molecule has 5 heteroatoms. The number of anilines is 1. The van der Waals surface area contributed by atoms with Crippen LogP contribution in [0.5, 0.6) is 5.75 Å². The standard InChI is InChI=1S/C16H16N2O2S/c1-12-3-7-14(8-4-12)18-16(11-17)13-5-9-15(10-6-13)19-20-21-2/h3-10,16,18H,1-2H3. The van der Waals surface area contributed by atoms with Gasteiger partial charge >= 0.3 is 0 Å². The molecule has 0 saturated heterocycles. The van der Waals surface area contributed by atoms with Gasteiger partial charge in [0.25, 0.3) is 0 Å². The fourth-order valence-corrected chi connectivity index (χ4v) is 1.94. The highest BCUT2D eigenvalue weighted by molar-refractivity contribution is 7.93. The molecular formula is C16H16N2O2S. The van der Waals surface area contributed by atoms with Crippen molar-refractivity contribution >= 4 is 17.7 Å². The van der Waals surface area contributed by atoms with Gasteiger partial charge in [0.05, 0.1) is 6.07 Å². The Kier molecular flexibility index (Phi) is 5.50. The fraction of sp³-hybridized carbons (Fsp3) is 0.188. The molecule has 0 spiro atoms. The van der Waals surface area contributed by atoms with E-state index in [-0.39, 0.29) is 0 Å². The zero-order valence-electron chi connectivity index (χ0n) is 11.9. The first-order chi connectivity index (χ1) is 10.2. The highest BCUT2D eigenvalue weighted by Gasteiger charge is 2.10. The number of nitrogens with zero attached hydrogens (tertiary/aromatic N) is 1. The van der Waals surface area contributed by atoms with E-state index in [1.165, 1.54) is 5.56 Å². The van der Waals surface area contributed by atoms with Gasteiger partial charge in [-0.3, -0.25) is 0 Å². The third kappa shape index (κ3) is 4.42. The van der Waals surface area contributed by atoms with Crippen LogP contribution >= 0.6 is 12.0 Å². The smallest absolute Gasteiger partial charge is 0.166 e. The summed E-state index contributed by atoms with van der Waals surface area (Å²) in [5, 5.41) is 12.5. The maximum absolute atomic E-state index is 9.33. The molecule has 21 heavy (non-hydrogen) atoms. The average Bonchev–Trinajstić information content (AvgIpc) is 2.53. The monoisotopic (exact) mass is 300 g/mol. The number of hydrogen-bond acceptors (Lipinski definition) is 5. The van der Waals surface area contributed by atoms with Crippen LogP contribution in [0, 0.1) is 18.3 Å². The molecule has 0 aromatic heterocycles. The number of aryl methyl sites for hydroxylation is 1. The third-order valence-corrected chi connectivity index (χ3v) is 3.11. The molecule has 0 radical (unpaired) electrons. The maximum Gasteiger partial charge on any atom is 0.166 e. The molecule has 108 valence electrons. The van der Waals surface area contributed by atoms with Gasteiger partial charge in [0.15, 0.2) is 5.75 Å². The average molecular weight is 300 g/mol. The second-order valence-corrected chi connectivity index (χ2v) is 4.93. The molecular weight excluding hydrogens is 284 g/mol.